The van der Waals surface area contributed by atoms with Crippen molar-refractivity contribution in [3.63, 3.8) is 0 Å². The number of benzene rings is 1. The van der Waals surface area contributed by atoms with E-state index in [2.05, 4.69) is 4.90 Å². The highest BCUT2D eigenvalue weighted by atomic mass is 19.1. The molecule has 1 unspecified atom stereocenters. The van der Waals surface area contributed by atoms with E-state index in [1.54, 1.807) is 6.07 Å². The highest BCUT2D eigenvalue weighted by molar-refractivity contribution is 5.23. The van der Waals surface area contributed by atoms with E-state index >= 15 is 0 Å². The van der Waals surface area contributed by atoms with Crippen LogP contribution in [0.1, 0.15) is 30.4 Å². The minimum atomic E-state index is -0.113. The number of likely N-dealkylation sites (tertiary alicyclic amines) is 1. The van der Waals surface area contributed by atoms with Crippen LogP contribution >= 0.6 is 0 Å². The molecule has 2 nitrogen and oxygen atoms in total. The van der Waals surface area contributed by atoms with Gasteiger partial charge in [-0.3, -0.25) is 4.90 Å². The number of piperidine rings is 1. The number of nitrogens with zero attached hydrogens (tertiary/aromatic N) is 1. The lowest BCUT2D eigenvalue weighted by Crippen LogP contribution is -2.35. The third kappa shape index (κ3) is 3.53. The molecule has 3 heteroatoms. The zero-order valence-corrected chi connectivity index (χ0v) is 11.2. The zero-order chi connectivity index (χ0) is 13.0. The molecule has 0 saturated carbocycles. The van der Waals surface area contributed by atoms with Gasteiger partial charge in [-0.05, 0) is 62.4 Å². The van der Waals surface area contributed by atoms with Crippen LogP contribution in [0.4, 0.5) is 4.39 Å². The van der Waals surface area contributed by atoms with E-state index < -0.39 is 0 Å². The maximum Gasteiger partial charge on any atom is 0.126 e. The van der Waals surface area contributed by atoms with Gasteiger partial charge in [0.2, 0.25) is 0 Å². The van der Waals surface area contributed by atoms with Gasteiger partial charge in [0, 0.05) is 13.1 Å². The fourth-order valence-electron chi connectivity index (χ4n) is 2.83. The summed E-state index contributed by atoms with van der Waals surface area (Å²) in [5, 5.41) is 0. The van der Waals surface area contributed by atoms with Crippen molar-refractivity contribution in [2.45, 2.75) is 32.7 Å². The molecule has 1 aliphatic heterocycles. The van der Waals surface area contributed by atoms with Crippen LogP contribution in [0.3, 0.4) is 0 Å². The summed E-state index contributed by atoms with van der Waals surface area (Å²) in [5.74, 6) is 0.628. The van der Waals surface area contributed by atoms with Crippen LogP contribution in [-0.2, 0) is 6.54 Å². The average Bonchev–Trinajstić information content (AvgIpc) is 2.35. The van der Waals surface area contributed by atoms with Crippen molar-refractivity contribution in [3.05, 3.63) is 35.1 Å². The van der Waals surface area contributed by atoms with E-state index in [4.69, 9.17) is 5.73 Å². The summed E-state index contributed by atoms with van der Waals surface area (Å²) in [6.45, 7) is 5.83. The molecule has 18 heavy (non-hydrogen) atoms. The van der Waals surface area contributed by atoms with Crippen molar-refractivity contribution < 1.29 is 4.39 Å². The molecule has 0 bridgehead atoms. The van der Waals surface area contributed by atoms with Gasteiger partial charge in [-0.2, -0.15) is 0 Å². The Balaban J connectivity index is 1.93. The summed E-state index contributed by atoms with van der Waals surface area (Å²) in [4.78, 5) is 2.47. The van der Waals surface area contributed by atoms with Gasteiger partial charge < -0.3 is 5.73 Å². The average molecular weight is 250 g/mol. The van der Waals surface area contributed by atoms with E-state index in [-0.39, 0.29) is 5.82 Å². The molecule has 0 radical (unpaired) electrons. The number of hydrogen-bond donors (Lipinski definition) is 1. The lowest BCUT2D eigenvalue weighted by Gasteiger charge is -2.32. The number of hydrogen-bond acceptors (Lipinski definition) is 2. The van der Waals surface area contributed by atoms with Crippen LogP contribution in [0, 0.1) is 18.7 Å². The standard InChI is InChI=1S/C15H23FN2/c1-12-9-14(4-5-15(12)16)11-18-8-2-3-13(10-18)6-7-17/h4-5,9,13H,2-3,6-8,10-11,17H2,1H3. The summed E-state index contributed by atoms with van der Waals surface area (Å²) >= 11 is 0. The van der Waals surface area contributed by atoms with Gasteiger partial charge in [0.05, 0.1) is 0 Å². The first-order chi connectivity index (χ1) is 8.69. The SMILES string of the molecule is Cc1cc(CN2CCCC(CCN)C2)ccc1F. The van der Waals surface area contributed by atoms with Crippen LogP contribution < -0.4 is 5.73 Å². The molecule has 0 spiro atoms. The molecule has 1 saturated heterocycles. The summed E-state index contributed by atoms with van der Waals surface area (Å²) in [6.07, 6.45) is 3.68. The van der Waals surface area contributed by atoms with Crippen molar-refractivity contribution in [2.75, 3.05) is 19.6 Å². The van der Waals surface area contributed by atoms with Crippen molar-refractivity contribution in [1.82, 2.24) is 4.90 Å². The topological polar surface area (TPSA) is 29.3 Å². The fraction of sp³-hybridized carbons (Fsp3) is 0.600. The van der Waals surface area contributed by atoms with E-state index in [1.807, 2.05) is 19.1 Å². The molecule has 1 aromatic rings. The molecule has 1 aromatic carbocycles. The Labute approximate surface area is 109 Å². The second kappa shape index (κ2) is 6.30. The molecule has 0 aromatic heterocycles. The lowest BCUT2D eigenvalue weighted by atomic mass is 9.94. The van der Waals surface area contributed by atoms with Crippen LogP contribution in [-0.4, -0.2) is 24.5 Å². The molecule has 100 valence electrons. The molecule has 2 rings (SSSR count). The summed E-state index contributed by atoms with van der Waals surface area (Å²) in [7, 11) is 0. The zero-order valence-electron chi connectivity index (χ0n) is 11.2. The Bertz CT molecular complexity index is 390. The van der Waals surface area contributed by atoms with Gasteiger partial charge in [0.15, 0.2) is 0 Å². The third-order valence-electron chi connectivity index (χ3n) is 3.81. The van der Waals surface area contributed by atoms with Crippen molar-refractivity contribution in [2.24, 2.45) is 11.7 Å². The smallest absolute Gasteiger partial charge is 0.126 e. The fourth-order valence-corrected chi connectivity index (χ4v) is 2.83. The number of rotatable bonds is 4. The molecule has 2 N–H and O–H groups in total. The van der Waals surface area contributed by atoms with Gasteiger partial charge >= 0.3 is 0 Å². The minimum Gasteiger partial charge on any atom is -0.330 e. The Morgan fingerprint density at radius 2 is 2.28 bits per heavy atom. The van der Waals surface area contributed by atoms with E-state index in [1.165, 1.54) is 18.4 Å². The Morgan fingerprint density at radius 3 is 3.00 bits per heavy atom. The molecular weight excluding hydrogens is 227 g/mol. The predicted molar refractivity (Wildman–Crippen MR) is 72.8 cm³/mol. The van der Waals surface area contributed by atoms with E-state index in [9.17, 15) is 4.39 Å². The van der Waals surface area contributed by atoms with Gasteiger partial charge in [-0.15, -0.1) is 0 Å². The predicted octanol–water partition coefficient (Wildman–Crippen LogP) is 2.69. The van der Waals surface area contributed by atoms with Gasteiger partial charge in [0.25, 0.3) is 0 Å². The maximum absolute atomic E-state index is 13.2. The first-order valence-electron chi connectivity index (χ1n) is 6.86. The lowest BCUT2D eigenvalue weighted by molar-refractivity contribution is 0.163. The van der Waals surface area contributed by atoms with Gasteiger partial charge in [-0.25, -0.2) is 4.39 Å². The Kier molecular flexibility index (Phi) is 4.72. The molecule has 1 heterocycles. The maximum atomic E-state index is 13.2. The quantitative estimate of drug-likeness (QED) is 0.890. The number of nitrogens with two attached hydrogens (primary N) is 1. The molecule has 1 aliphatic rings. The summed E-state index contributed by atoms with van der Waals surface area (Å²) < 4.78 is 13.2. The molecule has 0 amide bonds. The summed E-state index contributed by atoms with van der Waals surface area (Å²) in [5.41, 5.74) is 7.58. The first-order valence-corrected chi connectivity index (χ1v) is 6.86. The van der Waals surface area contributed by atoms with Crippen LogP contribution in [0.15, 0.2) is 18.2 Å². The Hall–Kier alpha value is -0.930. The van der Waals surface area contributed by atoms with Crippen molar-refractivity contribution >= 4 is 0 Å². The second-order valence-corrected chi connectivity index (χ2v) is 5.40. The highest BCUT2D eigenvalue weighted by Crippen LogP contribution is 2.21. The summed E-state index contributed by atoms with van der Waals surface area (Å²) in [6, 6.07) is 5.43. The van der Waals surface area contributed by atoms with Gasteiger partial charge in [-0.1, -0.05) is 12.1 Å². The first kappa shape index (κ1) is 13.5. The molecule has 1 fully saturated rings. The minimum absolute atomic E-state index is 0.113. The van der Waals surface area contributed by atoms with Gasteiger partial charge in [0.1, 0.15) is 5.82 Å². The third-order valence-corrected chi connectivity index (χ3v) is 3.81. The van der Waals surface area contributed by atoms with Crippen LogP contribution in [0.2, 0.25) is 0 Å². The second-order valence-electron chi connectivity index (χ2n) is 5.40. The van der Waals surface area contributed by atoms with Crippen molar-refractivity contribution in [3.8, 4) is 0 Å². The largest absolute Gasteiger partial charge is 0.330 e. The molecular formula is C15H23FN2. The van der Waals surface area contributed by atoms with E-state index in [0.29, 0.717) is 0 Å². The molecule has 0 aliphatic carbocycles. The molecule has 1 atom stereocenters. The highest BCUT2D eigenvalue weighted by Gasteiger charge is 2.19. The Morgan fingerprint density at radius 1 is 1.44 bits per heavy atom. The normalized spacial score (nSPS) is 21.2. The van der Waals surface area contributed by atoms with Crippen molar-refractivity contribution in [1.29, 1.82) is 0 Å². The van der Waals surface area contributed by atoms with E-state index in [0.717, 1.165) is 44.1 Å². The van der Waals surface area contributed by atoms with Crippen LogP contribution in [0.5, 0.6) is 0 Å². The monoisotopic (exact) mass is 250 g/mol. The number of aryl methyl sites for hydroxylation is 1. The van der Waals surface area contributed by atoms with Crippen LogP contribution in [0.25, 0.3) is 0 Å². The number of halogens is 1.